The molecule has 204 valence electrons. The van der Waals surface area contributed by atoms with E-state index >= 15 is 0 Å². The molecule has 0 radical (unpaired) electrons. The van der Waals surface area contributed by atoms with Crippen LogP contribution in [0.5, 0.6) is 5.75 Å². The van der Waals surface area contributed by atoms with Gasteiger partial charge in [-0.15, -0.1) is 6.58 Å². The fraction of sp³-hybridized carbons (Fsp3) is 0.0968. The van der Waals surface area contributed by atoms with Crippen LogP contribution in [0.2, 0.25) is 0 Å². The number of carbonyl (C=O) groups excluding carboxylic acids is 2. The first-order valence-corrected chi connectivity index (χ1v) is 13.9. The normalized spacial score (nSPS) is 10.8. The van der Waals surface area contributed by atoms with Crippen molar-refractivity contribution in [3.8, 4) is 5.75 Å². The zero-order valence-corrected chi connectivity index (χ0v) is 22.7. The smallest absolute Gasteiger partial charge is 0.264 e. The van der Waals surface area contributed by atoms with E-state index in [1.165, 1.54) is 23.5 Å². The average Bonchev–Trinajstić information content (AvgIpc) is 2.99. The lowest BCUT2D eigenvalue weighted by molar-refractivity contribution is 0.0959. The number of hydrogen-bond donors (Lipinski definition) is 2. The standard InChI is InChI=1S/C31H29N3O5S/c1-3-21-32-30(35)26-13-7-9-15-28(26)33-31(36)27-14-8-10-16-29(27)34(22-23-11-5-4-6-12-23)40(37,38)25-19-17-24(39-2)18-20-25/h3-20H,1,21-22H2,2H3,(H,32,35)(H,33,36). The Hall–Kier alpha value is -4.89. The molecule has 0 saturated heterocycles. The Balaban J connectivity index is 1.75. The van der Waals surface area contributed by atoms with E-state index in [9.17, 15) is 18.0 Å². The molecule has 2 N–H and O–H groups in total. The first-order chi connectivity index (χ1) is 19.3. The van der Waals surface area contributed by atoms with Gasteiger partial charge in [0.05, 0.1) is 41.1 Å². The van der Waals surface area contributed by atoms with Gasteiger partial charge in [0.1, 0.15) is 5.75 Å². The maximum atomic E-state index is 14.0. The average molecular weight is 556 g/mol. The van der Waals surface area contributed by atoms with Gasteiger partial charge in [0.2, 0.25) is 0 Å². The van der Waals surface area contributed by atoms with Gasteiger partial charge in [-0.1, -0.05) is 60.7 Å². The van der Waals surface area contributed by atoms with Crippen LogP contribution in [0.1, 0.15) is 26.3 Å². The summed E-state index contributed by atoms with van der Waals surface area (Å²) >= 11 is 0. The largest absolute Gasteiger partial charge is 0.497 e. The number of benzene rings is 4. The van der Waals surface area contributed by atoms with E-state index in [0.717, 1.165) is 5.56 Å². The van der Waals surface area contributed by atoms with Crippen molar-refractivity contribution in [2.24, 2.45) is 0 Å². The quantitative estimate of drug-likeness (QED) is 0.246. The minimum absolute atomic E-state index is 0.0138. The molecule has 4 rings (SSSR count). The van der Waals surface area contributed by atoms with E-state index in [0.29, 0.717) is 5.75 Å². The highest BCUT2D eigenvalue weighted by atomic mass is 32.2. The van der Waals surface area contributed by atoms with Crippen molar-refractivity contribution in [2.75, 3.05) is 23.3 Å². The molecule has 40 heavy (non-hydrogen) atoms. The number of carbonyl (C=O) groups is 2. The van der Waals surface area contributed by atoms with Crippen LogP contribution in [-0.2, 0) is 16.6 Å². The van der Waals surface area contributed by atoms with Crippen molar-refractivity contribution >= 4 is 33.2 Å². The minimum atomic E-state index is -4.11. The third kappa shape index (κ3) is 6.39. The van der Waals surface area contributed by atoms with E-state index in [4.69, 9.17) is 4.74 Å². The van der Waals surface area contributed by atoms with E-state index in [1.807, 2.05) is 30.3 Å². The Kier molecular flexibility index (Phi) is 8.98. The second kappa shape index (κ2) is 12.8. The molecule has 0 aliphatic heterocycles. The van der Waals surface area contributed by atoms with Gasteiger partial charge in [0.15, 0.2) is 0 Å². The number of nitrogens with zero attached hydrogens (tertiary/aromatic N) is 1. The Morgan fingerprint density at radius 1 is 0.825 bits per heavy atom. The molecule has 0 bridgehead atoms. The van der Waals surface area contributed by atoms with Crippen molar-refractivity contribution in [1.82, 2.24) is 5.32 Å². The summed E-state index contributed by atoms with van der Waals surface area (Å²) in [5.74, 6) is -0.427. The molecule has 4 aromatic rings. The highest BCUT2D eigenvalue weighted by Crippen LogP contribution is 2.31. The molecular weight excluding hydrogens is 526 g/mol. The molecule has 9 heteroatoms. The Bertz CT molecular complexity index is 1600. The second-order valence-electron chi connectivity index (χ2n) is 8.69. The molecule has 0 spiro atoms. The second-order valence-corrected chi connectivity index (χ2v) is 10.6. The highest BCUT2D eigenvalue weighted by Gasteiger charge is 2.29. The van der Waals surface area contributed by atoms with Gasteiger partial charge in [-0.05, 0) is 54.1 Å². The molecule has 0 atom stereocenters. The number of ether oxygens (including phenoxy) is 1. The summed E-state index contributed by atoms with van der Waals surface area (Å²) in [5.41, 5.74) is 1.60. The Morgan fingerprint density at radius 3 is 2.12 bits per heavy atom. The molecule has 0 heterocycles. The third-order valence-corrected chi connectivity index (χ3v) is 7.83. The van der Waals surface area contributed by atoms with E-state index in [2.05, 4.69) is 17.2 Å². The topological polar surface area (TPSA) is 105 Å². The van der Waals surface area contributed by atoms with Crippen LogP contribution < -0.4 is 19.7 Å². The number of methoxy groups -OCH3 is 1. The van der Waals surface area contributed by atoms with E-state index in [1.54, 1.807) is 66.7 Å². The van der Waals surface area contributed by atoms with Crippen LogP contribution in [0, 0.1) is 0 Å². The predicted octanol–water partition coefficient (Wildman–Crippen LogP) is 5.26. The SMILES string of the molecule is C=CCNC(=O)c1ccccc1NC(=O)c1ccccc1N(Cc1ccccc1)S(=O)(=O)c1ccc(OC)cc1. The fourth-order valence-corrected chi connectivity index (χ4v) is 5.52. The number of sulfonamides is 1. The predicted molar refractivity (Wildman–Crippen MR) is 156 cm³/mol. The van der Waals surface area contributed by atoms with Crippen LogP contribution in [0.3, 0.4) is 0 Å². The zero-order valence-electron chi connectivity index (χ0n) is 21.9. The first-order valence-electron chi connectivity index (χ1n) is 12.4. The maximum Gasteiger partial charge on any atom is 0.264 e. The third-order valence-electron chi connectivity index (χ3n) is 6.06. The number of amides is 2. The summed E-state index contributed by atoms with van der Waals surface area (Å²) in [6, 6.07) is 28.2. The van der Waals surface area contributed by atoms with Crippen molar-refractivity contribution in [3.63, 3.8) is 0 Å². The number of rotatable bonds is 11. The van der Waals surface area contributed by atoms with Gasteiger partial charge < -0.3 is 15.4 Å². The van der Waals surface area contributed by atoms with Gasteiger partial charge in [0.25, 0.3) is 21.8 Å². The van der Waals surface area contributed by atoms with Crippen LogP contribution in [0.15, 0.2) is 121 Å². The Labute approximate surface area is 234 Å². The number of anilines is 2. The highest BCUT2D eigenvalue weighted by molar-refractivity contribution is 7.92. The molecule has 0 aliphatic carbocycles. The molecule has 2 amide bonds. The van der Waals surface area contributed by atoms with Gasteiger partial charge in [-0.25, -0.2) is 8.42 Å². The summed E-state index contributed by atoms with van der Waals surface area (Å²) in [6.07, 6.45) is 1.56. The number of nitrogens with one attached hydrogen (secondary N) is 2. The lowest BCUT2D eigenvalue weighted by Crippen LogP contribution is -2.32. The lowest BCUT2D eigenvalue weighted by atomic mass is 10.1. The molecule has 8 nitrogen and oxygen atoms in total. The maximum absolute atomic E-state index is 14.0. The summed E-state index contributed by atoms with van der Waals surface area (Å²) < 4.78 is 34.4. The minimum Gasteiger partial charge on any atom is -0.497 e. The van der Waals surface area contributed by atoms with Gasteiger partial charge in [-0.2, -0.15) is 0 Å². The van der Waals surface area contributed by atoms with Crippen LogP contribution in [-0.4, -0.2) is 33.9 Å². The molecule has 0 unspecified atom stereocenters. The zero-order chi connectivity index (χ0) is 28.5. The van der Waals surface area contributed by atoms with Gasteiger partial charge in [0, 0.05) is 6.54 Å². The monoisotopic (exact) mass is 555 g/mol. The van der Waals surface area contributed by atoms with Crippen molar-refractivity contribution < 1.29 is 22.7 Å². The van der Waals surface area contributed by atoms with Crippen molar-refractivity contribution in [1.29, 1.82) is 0 Å². The summed E-state index contributed by atoms with van der Waals surface area (Å²) in [5, 5.41) is 5.49. The summed E-state index contributed by atoms with van der Waals surface area (Å²) in [7, 11) is -2.61. The molecule has 4 aromatic carbocycles. The van der Waals surface area contributed by atoms with Crippen LogP contribution in [0.25, 0.3) is 0 Å². The molecule has 0 saturated carbocycles. The van der Waals surface area contributed by atoms with Crippen molar-refractivity contribution in [3.05, 3.63) is 132 Å². The number of hydrogen-bond acceptors (Lipinski definition) is 5. The molecule has 0 aliphatic rings. The van der Waals surface area contributed by atoms with Crippen molar-refractivity contribution in [2.45, 2.75) is 11.4 Å². The van der Waals surface area contributed by atoms with Gasteiger partial charge in [-0.3, -0.25) is 13.9 Å². The van der Waals surface area contributed by atoms with E-state index < -0.39 is 15.9 Å². The van der Waals surface area contributed by atoms with Crippen LogP contribution in [0.4, 0.5) is 11.4 Å². The Morgan fingerprint density at radius 2 is 1.45 bits per heavy atom. The van der Waals surface area contributed by atoms with Crippen LogP contribution >= 0.6 is 0 Å². The lowest BCUT2D eigenvalue weighted by Gasteiger charge is -2.27. The van der Waals surface area contributed by atoms with E-state index in [-0.39, 0.29) is 46.4 Å². The molecule has 0 aromatic heterocycles. The number of para-hydroxylation sites is 2. The molecule has 0 fully saturated rings. The first kappa shape index (κ1) is 28.1. The fourth-order valence-electron chi connectivity index (χ4n) is 4.05. The van der Waals surface area contributed by atoms with Gasteiger partial charge >= 0.3 is 0 Å². The summed E-state index contributed by atoms with van der Waals surface area (Å²) in [6.45, 7) is 3.85. The molecular formula is C31H29N3O5S. The summed E-state index contributed by atoms with van der Waals surface area (Å²) in [4.78, 5) is 26.3.